The fraction of sp³-hybridized carbons (Fsp3) is 0.923. The summed E-state index contributed by atoms with van der Waals surface area (Å²) in [7, 11) is -2.94. The maximum atomic E-state index is 11.1. The van der Waals surface area contributed by atoms with E-state index in [0.29, 0.717) is 12.5 Å². The highest BCUT2D eigenvalue weighted by Gasteiger charge is 2.09. The van der Waals surface area contributed by atoms with Gasteiger partial charge in [-0.3, -0.25) is 9.89 Å². The quantitative estimate of drug-likeness (QED) is 0.350. The van der Waals surface area contributed by atoms with E-state index < -0.39 is 9.84 Å². The van der Waals surface area contributed by atoms with Crippen molar-refractivity contribution in [1.29, 1.82) is 0 Å². The van der Waals surface area contributed by atoms with Crippen molar-refractivity contribution in [2.24, 2.45) is 4.99 Å². The van der Waals surface area contributed by atoms with Gasteiger partial charge in [0.25, 0.3) is 0 Å². The van der Waals surface area contributed by atoms with E-state index in [-0.39, 0.29) is 5.75 Å². The summed E-state index contributed by atoms with van der Waals surface area (Å²) >= 11 is 0. The lowest BCUT2D eigenvalue weighted by molar-refractivity contribution is 0.0377. The van der Waals surface area contributed by atoms with Crippen molar-refractivity contribution in [3.63, 3.8) is 0 Å². The molecule has 0 aliphatic carbocycles. The number of rotatable bonds is 8. The summed E-state index contributed by atoms with van der Waals surface area (Å²) in [5.74, 6) is 0.800. The van der Waals surface area contributed by atoms with Crippen molar-refractivity contribution in [2.45, 2.75) is 13.3 Å². The van der Waals surface area contributed by atoms with E-state index in [1.165, 1.54) is 6.26 Å². The van der Waals surface area contributed by atoms with Crippen molar-refractivity contribution in [3.8, 4) is 0 Å². The molecule has 0 aromatic rings. The zero-order chi connectivity index (χ0) is 15.6. The second kappa shape index (κ2) is 9.97. The molecule has 1 saturated heterocycles. The Bertz CT molecular complexity index is 406. The van der Waals surface area contributed by atoms with Crippen LogP contribution < -0.4 is 10.6 Å². The molecule has 1 aliphatic heterocycles. The molecule has 8 heteroatoms. The molecule has 21 heavy (non-hydrogen) atoms. The molecule has 0 amide bonds. The van der Waals surface area contributed by atoms with E-state index in [4.69, 9.17) is 4.74 Å². The second-order valence-corrected chi connectivity index (χ2v) is 7.38. The molecule has 0 aromatic heterocycles. The maximum absolute atomic E-state index is 11.1. The molecule has 0 spiro atoms. The lowest BCUT2D eigenvalue weighted by Crippen LogP contribution is -2.40. The Kier molecular flexibility index (Phi) is 8.63. The van der Waals surface area contributed by atoms with Gasteiger partial charge in [0, 0.05) is 45.5 Å². The van der Waals surface area contributed by atoms with E-state index in [0.717, 1.165) is 52.4 Å². The van der Waals surface area contributed by atoms with Gasteiger partial charge in [0.15, 0.2) is 5.96 Å². The third kappa shape index (κ3) is 9.65. The highest BCUT2D eigenvalue weighted by molar-refractivity contribution is 7.90. The summed E-state index contributed by atoms with van der Waals surface area (Å²) < 4.78 is 27.5. The summed E-state index contributed by atoms with van der Waals surface area (Å²) in [5.41, 5.74) is 0. The lowest BCUT2D eigenvalue weighted by Gasteiger charge is -2.26. The summed E-state index contributed by atoms with van der Waals surface area (Å²) in [6, 6.07) is 0. The molecule has 0 bridgehead atoms. The van der Waals surface area contributed by atoms with Crippen molar-refractivity contribution >= 4 is 15.8 Å². The predicted octanol–water partition coefficient (Wildman–Crippen LogP) is -0.692. The molecular weight excluding hydrogens is 292 g/mol. The fourth-order valence-electron chi connectivity index (χ4n) is 2.01. The van der Waals surface area contributed by atoms with Gasteiger partial charge in [-0.2, -0.15) is 0 Å². The molecule has 1 aliphatic rings. The standard InChI is InChI=1S/C13H28N4O3S/c1-3-14-13(16-6-12-21(2,18)19)15-5-4-7-17-8-10-20-11-9-17/h3-12H2,1-2H3,(H2,14,15,16). The smallest absolute Gasteiger partial charge is 0.191 e. The van der Waals surface area contributed by atoms with Gasteiger partial charge in [-0.05, 0) is 13.3 Å². The van der Waals surface area contributed by atoms with Crippen LogP contribution in [-0.4, -0.2) is 83.8 Å². The van der Waals surface area contributed by atoms with E-state index in [2.05, 4.69) is 20.5 Å². The molecule has 0 unspecified atom stereocenters. The Labute approximate surface area is 128 Å². The van der Waals surface area contributed by atoms with Crippen LogP contribution in [0.5, 0.6) is 0 Å². The minimum Gasteiger partial charge on any atom is -0.379 e. The average Bonchev–Trinajstić information content (AvgIpc) is 2.43. The zero-order valence-corrected chi connectivity index (χ0v) is 13.9. The molecule has 7 nitrogen and oxygen atoms in total. The zero-order valence-electron chi connectivity index (χ0n) is 13.1. The molecule has 1 fully saturated rings. The summed E-state index contributed by atoms with van der Waals surface area (Å²) in [5, 5.41) is 6.16. The van der Waals surface area contributed by atoms with Gasteiger partial charge in [-0.15, -0.1) is 0 Å². The Hall–Kier alpha value is -0.860. The Balaban J connectivity index is 2.23. The van der Waals surface area contributed by atoms with E-state index in [9.17, 15) is 8.42 Å². The van der Waals surface area contributed by atoms with Crippen LogP contribution >= 0.6 is 0 Å². The number of sulfone groups is 1. The van der Waals surface area contributed by atoms with Crippen LogP contribution in [0.3, 0.4) is 0 Å². The minimum atomic E-state index is -2.94. The van der Waals surface area contributed by atoms with Gasteiger partial charge >= 0.3 is 0 Å². The van der Waals surface area contributed by atoms with Crippen molar-refractivity contribution in [3.05, 3.63) is 0 Å². The van der Waals surface area contributed by atoms with Gasteiger partial charge in [0.2, 0.25) is 0 Å². The highest BCUT2D eigenvalue weighted by atomic mass is 32.2. The molecule has 1 rings (SSSR count). The largest absolute Gasteiger partial charge is 0.379 e. The lowest BCUT2D eigenvalue weighted by atomic mass is 10.3. The highest BCUT2D eigenvalue weighted by Crippen LogP contribution is 1.98. The number of guanidine groups is 1. The SMILES string of the molecule is CCNC(=NCCCN1CCOCC1)NCCS(C)(=O)=O. The number of hydrogen-bond donors (Lipinski definition) is 2. The molecule has 1 heterocycles. The van der Waals surface area contributed by atoms with Crippen LogP contribution in [0.15, 0.2) is 4.99 Å². The topological polar surface area (TPSA) is 83.0 Å². The maximum Gasteiger partial charge on any atom is 0.191 e. The summed E-state index contributed by atoms with van der Waals surface area (Å²) in [4.78, 5) is 6.84. The van der Waals surface area contributed by atoms with Crippen LogP contribution in [0.4, 0.5) is 0 Å². The minimum absolute atomic E-state index is 0.116. The third-order valence-corrected chi connectivity index (χ3v) is 4.06. The fourth-order valence-corrected chi connectivity index (χ4v) is 2.48. The first kappa shape index (κ1) is 18.2. The van der Waals surface area contributed by atoms with Gasteiger partial charge in [0.1, 0.15) is 9.84 Å². The second-order valence-electron chi connectivity index (χ2n) is 5.12. The Morgan fingerprint density at radius 1 is 1.29 bits per heavy atom. The average molecular weight is 320 g/mol. The Morgan fingerprint density at radius 3 is 2.62 bits per heavy atom. The van der Waals surface area contributed by atoms with Crippen LogP contribution in [-0.2, 0) is 14.6 Å². The number of ether oxygens (including phenoxy) is 1. The predicted molar refractivity (Wildman–Crippen MR) is 85.6 cm³/mol. The first-order valence-corrected chi connectivity index (χ1v) is 9.57. The van der Waals surface area contributed by atoms with Gasteiger partial charge in [0.05, 0.1) is 19.0 Å². The van der Waals surface area contributed by atoms with E-state index in [1.54, 1.807) is 0 Å². The number of morpholine rings is 1. The molecule has 0 saturated carbocycles. The van der Waals surface area contributed by atoms with E-state index in [1.807, 2.05) is 6.92 Å². The van der Waals surface area contributed by atoms with E-state index >= 15 is 0 Å². The molecule has 2 N–H and O–H groups in total. The third-order valence-electron chi connectivity index (χ3n) is 3.12. The van der Waals surface area contributed by atoms with Crippen molar-refractivity contribution in [2.75, 3.05) is 64.5 Å². The molecule has 124 valence electrons. The Morgan fingerprint density at radius 2 is 2.00 bits per heavy atom. The van der Waals surface area contributed by atoms with Crippen LogP contribution in [0.2, 0.25) is 0 Å². The van der Waals surface area contributed by atoms with Gasteiger partial charge in [-0.25, -0.2) is 8.42 Å². The van der Waals surface area contributed by atoms with Crippen LogP contribution in [0.1, 0.15) is 13.3 Å². The van der Waals surface area contributed by atoms with Crippen LogP contribution in [0.25, 0.3) is 0 Å². The van der Waals surface area contributed by atoms with Gasteiger partial charge in [-0.1, -0.05) is 0 Å². The van der Waals surface area contributed by atoms with Crippen molar-refractivity contribution in [1.82, 2.24) is 15.5 Å². The number of hydrogen-bond acceptors (Lipinski definition) is 5. The van der Waals surface area contributed by atoms with Crippen molar-refractivity contribution < 1.29 is 13.2 Å². The first-order valence-electron chi connectivity index (χ1n) is 7.51. The van der Waals surface area contributed by atoms with Gasteiger partial charge < -0.3 is 15.4 Å². The molecular formula is C13H28N4O3S. The monoisotopic (exact) mass is 320 g/mol. The normalized spacial score (nSPS) is 17.7. The molecule has 0 atom stereocenters. The number of nitrogens with zero attached hydrogens (tertiary/aromatic N) is 2. The summed E-state index contributed by atoms with van der Waals surface area (Å²) in [6.45, 7) is 8.51. The molecule has 0 radical (unpaired) electrons. The number of aliphatic imine (C=N–C) groups is 1. The number of nitrogens with one attached hydrogen (secondary N) is 2. The summed E-state index contributed by atoms with van der Waals surface area (Å²) in [6.07, 6.45) is 2.23. The first-order chi connectivity index (χ1) is 10.0. The van der Waals surface area contributed by atoms with Crippen LogP contribution in [0, 0.1) is 0 Å². The molecule has 0 aromatic carbocycles.